The number of nitrogens with zero attached hydrogens (tertiary/aromatic N) is 1. The molecule has 0 aliphatic heterocycles. The lowest BCUT2D eigenvalue weighted by molar-refractivity contribution is 0.466. The summed E-state index contributed by atoms with van der Waals surface area (Å²) >= 11 is 0. The van der Waals surface area contributed by atoms with E-state index in [-0.39, 0.29) is 5.54 Å². The Morgan fingerprint density at radius 1 is 1.40 bits per heavy atom. The minimum atomic E-state index is 0.00898. The van der Waals surface area contributed by atoms with Crippen molar-refractivity contribution in [2.75, 3.05) is 6.54 Å². The zero-order chi connectivity index (χ0) is 11.5. The fraction of sp³-hybridized carbons (Fsp3) is 0.917. The Labute approximate surface area is 93.5 Å². The lowest BCUT2D eigenvalue weighted by Crippen LogP contribution is -2.45. The summed E-state index contributed by atoms with van der Waals surface area (Å²) < 4.78 is 0. The molecule has 1 saturated carbocycles. The highest BCUT2D eigenvalue weighted by Gasteiger charge is 2.41. The van der Waals surface area contributed by atoms with Crippen LogP contribution in [0.1, 0.15) is 53.4 Å². The smallest absolute Gasteiger partial charge is 0.189 e. The van der Waals surface area contributed by atoms with Gasteiger partial charge in [0.15, 0.2) is 5.96 Å². The van der Waals surface area contributed by atoms with E-state index in [1.165, 1.54) is 25.7 Å². The van der Waals surface area contributed by atoms with Gasteiger partial charge in [-0.25, -0.2) is 0 Å². The molecule has 3 N–H and O–H groups in total. The lowest BCUT2D eigenvalue weighted by Gasteiger charge is -2.21. The molecule has 0 spiro atoms. The summed E-state index contributed by atoms with van der Waals surface area (Å²) in [5.41, 5.74) is 6.34. The average molecular weight is 211 g/mol. The molecule has 0 unspecified atom stereocenters. The van der Waals surface area contributed by atoms with Crippen LogP contribution >= 0.6 is 0 Å². The zero-order valence-corrected chi connectivity index (χ0v) is 10.6. The van der Waals surface area contributed by atoms with Crippen LogP contribution in [0.3, 0.4) is 0 Å². The van der Waals surface area contributed by atoms with Crippen LogP contribution in [0.2, 0.25) is 0 Å². The first-order chi connectivity index (χ1) is 6.87. The topological polar surface area (TPSA) is 50.4 Å². The maximum atomic E-state index is 5.83. The normalized spacial score (nSPS) is 20.1. The molecule has 1 rings (SSSR count). The van der Waals surface area contributed by atoms with Gasteiger partial charge in [-0.2, -0.15) is 0 Å². The van der Waals surface area contributed by atoms with Gasteiger partial charge < -0.3 is 11.1 Å². The van der Waals surface area contributed by atoms with E-state index in [9.17, 15) is 0 Å². The van der Waals surface area contributed by atoms with E-state index in [1.807, 2.05) is 0 Å². The Balaban J connectivity index is 2.37. The summed E-state index contributed by atoms with van der Waals surface area (Å²) in [6.07, 6.45) is 5.20. The largest absolute Gasteiger partial charge is 0.370 e. The maximum Gasteiger partial charge on any atom is 0.189 e. The molecule has 88 valence electrons. The van der Waals surface area contributed by atoms with E-state index in [4.69, 9.17) is 5.73 Å². The first-order valence-corrected chi connectivity index (χ1v) is 5.95. The van der Waals surface area contributed by atoms with Crippen molar-refractivity contribution in [2.45, 2.75) is 58.9 Å². The second kappa shape index (κ2) is 4.42. The number of nitrogens with two attached hydrogens (primary N) is 1. The molecule has 3 nitrogen and oxygen atoms in total. The molecule has 1 fully saturated rings. The van der Waals surface area contributed by atoms with Gasteiger partial charge in [0.25, 0.3) is 0 Å². The predicted molar refractivity (Wildman–Crippen MR) is 66.0 cm³/mol. The third-order valence-electron chi connectivity index (χ3n) is 2.83. The van der Waals surface area contributed by atoms with Gasteiger partial charge in [-0.3, -0.25) is 4.99 Å². The Bertz CT molecular complexity index is 234. The minimum absolute atomic E-state index is 0.00898. The summed E-state index contributed by atoms with van der Waals surface area (Å²) in [7, 11) is 0. The molecule has 0 radical (unpaired) electrons. The number of guanidine groups is 1. The number of aliphatic imine (C=N–C) groups is 1. The number of hydrogen-bond donors (Lipinski definition) is 2. The average Bonchev–Trinajstić information content (AvgIpc) is 2.80. The van der Waals surface area contributed by atoms with Crippen molar-refractivity contribution in [3.63, 3.8) is 0 Å². The van der Waals surface area contributed by atoms with Gasteiger partial charge in [-0.05, 0) is 45.4 Å². The third-order valence-corrected chi connectivity index (χ3v) is 2.83. The van der Waals surface area contributed by atoms with Crippen molar-refractivity contribution in [1.82, 2.24) is 5.32 Å². The molecule has 0 bridgehead atoms. The van der Waals surface area contributed by atoms with E-state index in [1.54, 1.807) is 0 Å². The fourth-order valence-electron chi connectivity index (χ4n) is 1.87. The van der Waals surface area contributed by atoms with Crippen LogP contribution in [-0.4, -0.2) is 18.0 Å². The van der Waals surface area contributed by atoms with Gasteiger partial charge in [0.05, 0.1) is 0 Å². The second-order valence-corrected chi connectivity index (χ2v) is 5.83. The van der Waals surface area contributed by atoms with E-state index in [0.717, 1.165) is 6.54 Å². The Hall–Kier alpha value is -0.730. The van der Waals surface area contributed by atoms with Gasteiger partial charge in [-0.1, -0.05) is 13.3 Å². The highest BCUT2D eigenvalue weighted by Crippen LogP contribution is 2.49. The number of rotatable bonds is 4. The van der Waals surface area contributed by atoms with Crippen LogP contribution in [0.15, 0.2) is 4.99 Å². The molecular weight excluding hydrogens is 186 g/mol. The van der Waals surface area contributed by atoms with E-state index in [2.05, 4.69) is 38.0 Å². The molecule has 1 aliphatic carbocycles. The molecule has 0 saturated heterocycles. The van der Waals surface area contributed by atoms with Gasteiger partial charge in [0.2, 0.25) is 0 Å². The van der Waals surface area contributed by atoms with Gasteiger partial charge in [0.1, 0.15) is 0 Å². The highest BCUT2D eigenvalue weighted by molar-refractivity contribution is 5.78. The van der Waals surface area contributed by atoms with E-state index >= 15 is 0 Å². The van der Waals surface area contributed by atoms with Crippen LogP contribution in [0.5, 0.6) is 0 Å². The maximum absolute atomic E-state index is 5.83. The van der Waals surface area contributed by atoms with Crippen LogP contribution in [-0.2, 0) is 0 Å². The minimum Gasteiger partial charge on any atom is -0.370 e. The number of hydrogen-bond acceptors (Lipinski definition) is 1. The van der Waals surface area contributed by atoms with E-state index < -0.39 is 0 Å². The molecule has 1 aliphatic rings. The molecule has 0 atom stereocenters. The molecule has 0 heterocycles. The summed E-state index contributed by atoms with van der Waals surface area (Å²) in [6, 6.07) is 0. The summed E-state index contributed by atoms with van der Waals surface area (Å²) in [5.74, 6) is 0.588. The SMILES string of the molecule is CCCC1(CN=C(N)NC(C)(C)C)CC1. The van der Waals surface area contributed by atoms with Crippen molar-refractivity contribution < 1.29 is 0 Å². The summed E-state index contributed by atoms with van der Waals surface area (Å²) in [5, 5.41) is 3.19. The Morgan fingerprint density at radius 2 is 2.00 bits per heavy atom. The molecule has 0 aromatic rings. The van der Waals surface area contributed by atoms with E-state index in [0.29, 0.717) is 11.4 Å². The standard InChI is InChI=1S/C12H25N3/c1-5-6-12(7-8-12)9-14-10(13)15-11(2,3)4/h5-9H2,1-4H3,(H3,13,14,15). The Morgan fingerprint density at radius 3 is 2.40 bits per heavy atom. The fourth-order valence-corrected chi connectivity index (χ4v) is 1.87. The molecule has 0 aromatic heterocycles. The molecule has 15 heavy (non-hydrogen) atoms. The monoisotopic (exact) mass is 211 g/mol. The van der Waals surface area contributed by atoms with Crippen molar-refractivity contribution in [1.29, 1.82) is 0 Å². The summed E-state index contributed by atoms with van der Waals surface area (Å²) in [6.45, 7) is 9.41. The quantitative estimate of drug-likeness (QED) is 0.553. The second-order valence-electron chi connectivity index (χ2n) is 5.83. The Kier molecular flexibility index (Phi) is 3.63. The zero-order valence-electron chi connectivity index (χ0n) is 10.6. The van der Waals surface area contributed by atoms with Crippen LogP contribution < -0.4 is 11.1 Å². The van der Waals surface area contributed by atoms with Crippen molar-refractivity contribution in [2.24, 2.45) is 16.1 Å². The molecule has 0 amide bonds. The van der Waals surface area contributed by atoms with Crippen LogP contribution in [0, 0.1) is 5.41 Å². The van der Waals surface area contributed by atoms with Crippen LogP contribution in [0.4, 0.5) is 0 Å². The molecule has 3 heteroatoms. The summed E-state index contributed by atoms with van der Waals surface area (Å²) in [4.78, 5) is 4.45. The van der Waals surface area contributed by atoms with Gasteiger partial charge in [-0.15, -0.1) is 0 Å². The molecule has 0 aromatic carbocycles. The lowest BCUT2D eigenvalue weighted by atomic mass is 10.0. The predicted octanol–water partition coefficient (Wildman–Crippen LogP) is 2.27. The van der Waals surface area contributed by atoms with Crippen molar-refractivity contribution in [3.8, 4) is 0 Å². The number of nitrogens with one attached hydrogen (secondary N) is 1. The first kappa shape index (κ1) is 12.3. The van der Waals surface area contributed by atoms with Gasteiger partial charge in [0, 0.05) is 12.1 Å². The molecular formula is C12H25N3. The van der Waals surface area contributed by atoms with Crippen molar-refractivity contribution >= 4 is 5.96 Å². The van der Waals surface area contributed by atoms with Crippen LogP contribution in [0.25, 0.3) is 0 Å². The van der Waals surface area contributed by atoms with Gasteiger partial charge >= 0.3 is 0 Å². The first-order valence-electron chi connectivity index (χ1n) is 5.95. The van der Waals surface area contributed by atoms with Crippen molar-refractivity contribution in [3.05, 3.63) is 0 Å². The highest BCUT2D eigenvalue weighted by atomic mass is 15.1. The third kappa shape index (κ3) is 4.54.